The van der Waals surface area contributed by atoms with E-state index in [1.54, 1.807) is 19.2 Å². The maximum absolute atomic E-state index is 13.1. The van der Waals surface area contributed by atoms with Crippen LogP contribution < -0.4 is 5.32 Å². The Kier molecular flexibility index (Phi) is 3.09. The van der Waals surface area contributed by atoms with Crippen molar-refractivity contribution in [3.8, 4) is 0 Å². The first-order valence-corrected chi connectivity index (χ1v) is 5.64. The summed E-state index contributed by atoms with van der Waals surface area (Å²) in [4.78, 5) is 0. The molecule has 2 nitrogen and oxygen atoms in total. The highest BCUT2D eigenvalue weighted by Gasteiger charge is 2.37. The molecule has 0 amide bonds. The molecule has 0 unspecified atom stereocenters. The third-order valence-electron chi connectivity index (χ3n) is 2.85. The van der Waals surface area contributed by atoms with Gasteiger partial charge >= 0.3 is 0 Å². The van der Waals surface area contributed by atoms with Gasteiger partial charge in [-0.15, -0.1) is 0 Å². The Morgan fingerprint density at radius 2 is 2.27 bits per heavy atom. The van der Waals surface area contributed by atoms with Crippen LogP contribution in [0.15, 0.2) is 22.7 Å². The first-order valence-electron chi connectivity index (χ1n) is 4.85. The van der Waals surface area contributed by atoms with E-state index in [0.29, 0.717) is 0 Å². The predicted octanol–water partition coefficient (Wildman–Crippen LogP) is 2.12. The molecular weight excluding hydrogens is 261 g/mol. The van der Waals surface area contributed by atoms with Gasteiger partial charge in [-0.05, 0) is 23.8 Å². The first kappa shape index (κ1) is 11.0. The molecule has 1 saturated heterocycles. The zero-order chi connectivity index (χ0) is 10.9. The number of halogens is 2. The van der Waals surface area contributed by atoms with Crippen LogP contribution in [0.2, 0.25) is 0 Å². The third-order valence-corrected chi connectivity index (χ3v) is 3.62. The molecule has 0 saturated carbocycles. The Bertz CT molecular complexity index is 360. The summed E-state index contributed by atoms with van der Waals surface area (Å²) in [5, 5.41) is 3.17. The normalized spacial score (nSPS) is 18.6. The Labute approximate surface area is 96.9 Å². The van der Waals surface area contributed by atoms with Crippen molar-refractivity contribution in [2.45, 2.75) is 12.0 Å². The molecule has 0 aromatic heterocycles. The van der Waals surface area contributed by atoms with Crippen molar-refractivity contribution < 1.29 is 9.13 Å². The van der Waals surface area contributed by atoms with Crippen LogP contribution in [0.5, 0.6) is 0 Å². The fourth-order valence-corrected chi connectivity index (χ4v) is 2.16. The molecule has 82 valence electrons. The van der Waals surface area contributed by atoms with Crippen LogP contribution in [0.3, 0.4) is 0 Å². The van der Waals surface area contributed by atoms with Crippen molar-refractivity contribution in [1.82, 2.24) is 5.32 Å². The van der Waals surface area contributed by atoms with E-state index in [9.17, 15) is 4.39 Å². The fourth-order valence-electron chi connectivity index (χ4n) is 1.77. The molecule has 0 radical (unpaired) electrons. The van der Waals surface area contributed by atoms with E-state index in [4.69, 9.17) is 4.74 Å². The summed E-state index contributed by atoms with van der Waals surface area (Å²) < 4.78 is 19.5. The summed E-state index contributed by atoms with van der Waals surface area (Å²) >= 11 is 3.42. The molecule has 1 aliphatic rings. The van der Waals surface area contributed by atoms with E-state index < -0.39 is 0 Å². The topological polar surface area (TPSA) is 21.3 Å². The van der Waals surface area contributed by atoms with Gasteiger partial charge in [0.25, 0.3) is 0 Å². The highest BCUT2D eigenvalue weighted by molar-refractivity contribution is 9.10. The number of hydrogen-bond acceptors (Lipinski definition) is 2. The van der Waals surface area contributed by atoms with Crippen molar-refractivity contribution in [3.63, 3.8) is 0 Å². The lowest BCUT2D eigenvalue weighted by atomic mass is 9.89. The zero-order valence-corrected chi connectivity index (χ0v) is 10.1. The molecule has 0 spiro atoms. The molecule has 0 aliphatic carbocycles. The summed E-state index contributed by atoms with van der Waals surface area (Å²) in [6.07, 6.45) is 0.731. The number of rotatable bonds is 3. The molecule has 1 aromatic rings. The van der Waals surface area contributed by atoms with E-state index in [2.05, 4.69) is 21.2 Å². The third kappa shape index (κ3) is 2.22. The lowest BCUT2D eigenvalue weighted by molar-refractivity contribution is -0.0503. The van der Waals surface area contributed by atoms with Gasteiger partial charge in [-0.2, -0.15) is 0 Å². The largest absolute Gasteiger partial charge is 0.375 e. The Morgan fingerprint density at radius 1 is 1.53 bits per heavy atom. The van der Waals surface area contributed by atoms with Crippen molar-refractivity contribution in [2.75, 3.05) is 20.2 Å². The van der Waals surface area contributed by atoms with Crippen LogP contribution in [0.4, 0.5) is 4.39 Å². The second-order valence-corrected chi connectivity index (χ2v) is 4.76. The second-order valence-electron chi connectivity index (χ2n) is 3.90. The van der Waals surface area contributed by atoms with Gasteiger partial charge in [-0.25, -0.2) is 4.39 Å². The van der Waals surface area contributed by atoms with Gasteiger partial charge in [0.15, 0.2) is 0 Å². The summed E-state index contributed by atoms with van der Waals surface area (Å²) in [7, 11) is 1.70. The average molecular weight is 274 g/mol. The second kappa shape index (κ2) is 4.20. The van der Waals surface area contributed by atoms with Crippen LogP contribution in [0.1, 0.15) is 5.56 Å². The molecule has 1 N–H and O–H groups in total. The van der Waals surface area contributed by atoms with Crippen LogP contribution in [-0.4, -0.2) is 25.8 Å². The standard InChI is InChI=1S/C11H13BrFNO/c1-15-11(6-14-7-11)5-8-4-9(13)2-3-10(8)12/h2-4,14H,5-7H2,1H3. The minimum absolute atomic E-state index is 0.156. The minimum Gasteiger partial charge on any atom is -0.375 e. The Hall–Kier alpha value is -0.450. The predicted molar refractivity (Wildman–Crippen MR) is 60.4 cm³/mol. The van der Waals surface area contributed by atoms with Crippen molar-refractivity contribution in [1.29, 1.82) is 0 Å². The van der Waals surface area contributed by atoms with Crippen molar-refractivity contribution in [2.24, 2.45) is 0 Å². The average Bonchev–Trinajstić information content (AvgIpc) is 2.17. The summed E-state index contributed by atoms with van der Waals surface area (Å²) in [5.74, 6) is -0.202. The molecule has 1 aromatic carbocycles. The van der Waals surface area contributed by atoms with Crippen molar-refractivity contribution in [3.05, 3.63) is 34.1 Å². The van der Waals surface area contributed by atoms with Gasteiger partial charge in [-0.3, -0.25) is 0 Å². The zero-order valence-electron chi connectivity index (χ0n) is 8.52. The van der Waals surface area contributed by atoms with Crippen LogP contribution in [-0.2, 0) is 11.2 Å². The highest BCUT2D eigenvalue weighted by atomic mass is 79.9. The minimum atomic E-state index is -0.202. The Morgan fingerprint density at radius 3 is 2.80 bits per heavy atom. The number of benzene rings is 1. The van der Waals surface area contributed by atoms with Gasteiger partial charge in [0, 0.05) is 31.1 Å². The molecule has 15 heavy (non-hydrogen) atoms. The van der Waals surface area contributed by atoms with Crippen LogP contribution in [0.25, 0.3) is 0 Å². The van der Waals surface area contributed by atoms with Crippen molar-refractivity contribution >= 4 is 15.9 Å². The molecule has 2 rings (SSSR count). The van der Waals surface area contributed by atoms with Gasteiger partial charge in [0.05, 0.1) is 5.60 Å². The summed E-state index contributed by atoms with van der Waals surface area (Å²) in [6, 6.07) is 4.75. The maximum atomic E-state index is 13.1. The van der Waals surface area contributed by atoms with Gasteiger partial charge in [-0.1, -0.05) is 15.9 Å². The van der Waals surface area contributed by atoms with Gasteiger partial charge < -0.3 is 10.1 Å². The van der Waals surface area contributed by atoms with Gasteiger partial charge in [0.1, 0.15) is 5.82 Å². The number of hydrogen-bond donors (Lipinski definition) is 1. The molecule has 1 aliphatic heterocycles. The summed E-state index contributed by atoms with van der Waals surface area (Å²) in [5.41, 5.74) is 0.800. The lowest BCUT2D eigenvalue weighted by Crippen LogP contribution is -2.61. The molecule has 1 fully saturated rings. The van der Waals surface area contributed by atoms with E-state index in [0.717, 1.165) is 29.5 Å². The maximum Gasteiger partial charge on any atom is 0.123 e. The monoisotopic (exact) mass is 273 g/mol. The van der Waals surface area contributed by atoms with E-state index in [-0.39, 0.29) is 11.4 Å². The van der Waals surface area contributed by atoms with Crippen LogP contribution in [0, 0.1) is 5.82 Å². The lowest BCUT2D eigenvalue weighted by Gasteiger charge is -2.41. The quantitative estimate of drug-likeness (QED) is 0.911. The number of ether oxygens (including phenoxy) is 1. The molecule has 4 heteroatoms. The van der Waals surface area contributed by atoms with E-state index in [1.807, 2.05) is 0 Å². The fraction of sp³-hybridized carbons (Fsp3) is 0.455. The molecule has 1 heterocycles. The van der Waals surface area contributed by atoms with E-state index in [1.165, 1.54) is 6.07 Å². The smallest absolute Gasteiger partial charge is 0.123 e. The van der Waals surface area contributed by atoms with E-state index >= 15 is 0 Å². The van der Waals surface area contributed by atoms with Gasteiger partial charge in [0.2, 0.25) is 0 Å². The Balaban J connectivity index is 2.19. The summed E-state index contributed by atoms with van der Waals surface area (Å²) in [6.45, 7) is 1.65. The SMILES string of the molecule is COC1(Cc2cc(F)ccc2Br)CNC1. The highest BCUT2D eigenvalue weighted by Crippen LogP contribution is 2.26. The molecular formula is C11H13BrFNO. The number of nitrogens with one attached hydrogen (secondary N) is 1. The molecule has 0 bridgehead atoms. The first-order chi connectivity index (χ1) is 7.15. The van der Waals surface area contributed by atoms with Crippen LogP contribution >= 0.6 is 15.9 Å². The number of methoxy groups -OCH3 is 1. The molecule has 0 atom stereocenters.